The maximum atomic E-state index is 10.0. The second-order valence-electron chi connectivity index (χ2n) is 4.38. The van der Waals surface area contributed by atoms with Crippen molar-refractivity contribution in [1.82, 2.24) is 0 Å². The van der Waals surface area contributed by atoms with Crippen LogP contribution in [0.4, 0.5) is 0 Å². The molecule has 2 aromatic carbocycles. The minimum Gasteiger partial charge on any atom is -0.504 e. The fourth-order valence-electron chi connectivity index (χ4n) is 1.97. The Hall–Kier alpha value is -1.96. The Labute approximate surface area is 101 Å². The summed E-state index contributed by atoms with van der Waals surface area (Å²) in [5, 5.41) is 19.9. The number of phenols is 2. The van der Waals surface area contributed by atoms with Crippen molar-refractivity contribution in [2.75, 3.05) is 0 Å². The van der Waals surface area contributed by atoms with Crippen molar-refractivity contribution in [3.05, 3.63) is 47.0 Å². The molecule has 17 heavy (non-hydrogen) atoms. The van der Waals surface area contributed by atoms with Crippen LogP contribution in [-0.2, 0) is 0 Å². The van der Waals surface area contributed by atoms with E-state index in [9.17, 15) is 10.2 Å². The van der Waals surface area contributed by atoms with Crippen LogP contribution in [-0.4, -0.2) is 10.2 Å². The predicted molar refractivity (Wildman–Crippen MR) is 69.4 cm³/mol. The van der Waals surface area contributed by atoms with Crippen molar-refractivity contribution in [2.45, 2.75) is 20.8 Å². The first kappa shape index (κ1) is 11.5. The van der Waals surface area contributed by atoms with E-state index in [2.05, 4.69) is 0 Å². The lowest BCUT2D eigenvalue weighted by Gasteiger charge is -2.13. The summed E-state index contributed by atoms with van der Waals surface area (Å²) in [7, 11) is 0. The van der Waals surface area contributed by atoms with Gasteiger partial charge in [-0.05, 0) is 49.1 Å². The highest BCUT2D eigenvalue weighted by Crippen LogP contribution is 2.41. The monoisotopic (exact) mass is 228 g/mol. The molecule has 0 amide bonds. The topological polar surface area (TPSA) is 40.5 Å². The van der Waals surface area contributed by atoms with Gasteiger partial charge in [-0.15, -0.1) is 0 Å². The molecule has 0 spiro atoms. The molecule has 0 bridgehead atoms. The molecular formula is C15H16O2. The number of phenolic OH excluding ortho intramolecular Hbond substituents is 2. The molecule has 0 saturated heterocycles. The molecule has 0 aromatic heterocycles. The van der Waals surface area contributed by atoms with Crippen LogP contribution >= 0.6 is 0 Å². The first-order chi connectivity index (χ1) is 8.02. The molecule has 2 rings (SSSR count). The van der Waals surface area contributed by atoms with Crippen molar-refractivity contribution in [3.63, 3.8) is 0 Å². The number of hydrogen-bond acceptors (Lipinski definition) is 2. The van der Waals surface area contributed by atoms with E-state index in [0.29, 0.717) is 5.56 Å². The summed E-state index contributed by atoms with van der Waals surface area (Å²) in [6, 6.07) is 9.72. The molecule has 0 heterocycles. The summed E-state index contributed by atoms with van der Waals surface area (Å²) in [5.74, 6) is -0.0642. The average Bonchev–Trinajstić information content (AvgIpc) is 2.32. The zero-order chi connectivity index (χ0) is 12.6. The Morgan fingerprint density at radius 3 is 2.06 bits per heavy atom. The molecule has 88 valence electrons. The van der Waals surface area contributed by atoms with Gasteiger partial charge in [0, 0.05) is 5.56 Å². The molecule has 0 atom stereocenters. The van der Waals surface area contributed by atoms with Crippen LogP contribution in [0.2, 0.25) is 0 Å². The SMILES string of the molecule is Cc1ccccc1-c1cc(C)c(C)c(O)c1O. The van der Waals surface area contributed by atoms with Gasteiger partial charge in [0.2, 0.25) is 0 Å². The molecule has 0 fully saturated rings. The van der Waals surface area contributed by atoms with E-state index in [0.717, 1.165) is 22.3 Å². The van der Waals surface area contributed by atoms with Gasteiger partial charge in [0.25, 0.3) is 0 Å². The molecule has 0 aliphatic carbocycles. The molecule has 0 unspecified atom stereocenters. The summed E-state index contributed by atoms with van der Waals surface area (Å²) in [5.41, 5.74) is 4.40. The first-order valence-electron chi connectivity index (χ1n) is 5.60. The fraction of sp³-hybridized carbons (Fsp3) is 0.200. The van der Waals surface area contributed by atoms with Gasteiger partial charge < -0.3 is 10.2 Å². The molecule has 0 radical (unpaired) electrons. The maximum absolute atomic E-state index is 10.0. The van der Waals surface area contributed by atoms with E-state index in [-0.39, 0.29) is 11.5 Å². The Bertz CT molecular complexity index is 571. The van der Waals surface area contributed by atoms with Crippen LogP contribution in [0.1, 0.15) is 16.7 Å². The molecule has 2 nitrogen and oxygen atoms in total. The summed E-state index contributed by atoms with van der Waals surface area (Å²) >= 11 is 0. The van der Waals surface area contributed by atoms with Gasteiger partial charge in [-0.1, -0.05) is 24.3 Å². The lowest BCUT2D eigenvalue weighted by molar-refractivity contribution is 0.402. The quantitative estimate of drug-likeness (QED) is 0.731. The number of rotatable bonds is 1. The Morgan fingerprint density at radius 2 is 1.41 bits per heavy atom. The Kier molecular flexibility index (Phi) is 2.80. The van der Waals surface area contributed by atoms with Gasteiger partial charge in [-0.3, -0.25) is 0 Å². The third-order valence-electron chi connectivity index (χ3n) is 3.22. The van der Waals surface area contributed by atoms with Crippen LogP contribution in [0.15, 0.2) is 30.3 Å². The fourth-order valence-corrected chi connectivity index (χ4v) is 1.97. The Morgan fingerprint density at radius 1 is 0.765 bits per heavy atom. The van der Waals surface area contributed by atoms with E-state index < -0.39 is 0 Å². The van der Waals surface area contributed by atoms with E-state index in [1.54, 1.807) is 6.92 Å². The van der Waals surface area contributed by atoms with Crippen molar-refractivity contribution < 1.29 is 10.2 Å². The highest BCUT2D eigenvalue weighted by atomic mass is 16.3. The second-order valence-corrected chi connectivity index (χ2v) is 4.38. The van der Waals surface area contributed by atoms with Gasteiger partial charge in [0.05, 0.1) is 0 Å². The lowest BCUT2D eigenvalue weighted by atomic mass is 9.95. The molecular weight excluding hydrogens is 212 g/mol. The van der Waals surface area contributed by atoms with Gasteiger partial charge in [0.15, 0.2) is 11.5 Å². The molecule has 0 saturated carbocycles. The molecule has 2 N–H and O–H groups in total. The minimum absolute atomic E-state index is 0.0248. The molecule has 0 aliphatic heterocycles. The Balaban J connectivity index is 2.73. The zero-order valence-corrected chi connectivity index (χ0v) is 10.3. The summed E-state index contributed by atoms with van der Waals surface area (Å²) in [4.78, 5) is 0. The van der Waals surface area contributed by atoms with Gasteiger partial charge >= 0.3 is 0 Å². The summed E-state index contributed by atoms with van der Waals surface area (Å²) < 4.78 is 0. The second kappa shape index (κ2) is 4.13. The van der Waals surface area contributed by atoms with Crippen molar-refractivity contribution in [1.29, 1.82) is 0 Å². The molecule has 2 heteroatoms. The largest absolute Gasteiger partial charge is 0.504 e. The normalized spacial score (nSPS) is 10.5. The third-order valence-corrected chi connectivity index (χ3v) is 3.22. The summed E-state index contributed by atoms with van der Waals surface area (Å²) in [6.45, 7) is 5.71. The van der Waals surface area contributed by atoms with Crippen LogP contribution in [0.5, 0.6) is 11.5 Å². The van der Waals surface area contributed by atoms with Gasteiger partial charge in [-0.25, -0.2) is 0 Å². The zero-order valence-electron chi connectivity index (χ0n) is 10.3. The van der Waals surface area contributed by atoms with Gasteiger partial charge in [0.1, 0.15) is 0 Å². The van der Waals surface area contributed by atoms with Crippen LogP contribution < -0.4 is 0 Å². The van der Waals surface area contributed by atoms with Crippen molar-refractivity contribution >= 4 is 0 Å². The lowest BCUT2D eigenvalue weighted by Crippen LogP contribution is -1.89. The van der Waals surface area contributed by atoms with Crippen LogP contribution in [0.3, 0.4) is 0 Å². The van der Waals surface area contributed by atoms with Crippen molar-refractivity contribution in [3.8, 4) is 22.6 Å². The smallest absolute Gasteiger partial charge is 0.165 e. The highest BCUT2D eigenvalue weighted by Gasteiger charge is 2.14. The maximum Gasteiger partial charge on any atom is 0.165 e. The van der Waals surface area contributed by atoms with Crippen molar-refractivity contribution in [2.24, 2.45) is 0 Å². The molecule has 0 aliphatic rings. The van der Waals surface area contributed by atoms with E-state index in [1.165, 1.54) is 0 Å². The highest BCUT2D eigenvalue weighted by molar-refractivity contribution is 5.77. The van der Waals surface area contributed by atoms with Gasteiger partial charge in [-0.2, -0.15) is 0 Å². The number of aryl methyl sites for hydroxylation is 2. The van der Waals surface area contributed by atoms with Crippen LogP contribution in [0, 0.1) is 20.8 Å². The molecule has 2 aromatic rings. The minimum atomic E-state index is -0.0394. The average molecular weight is 228 g/mol. The third kappa shape index (κ3) is 1.86. The van der Waals surface area contributed by atoms with E-state index >= 15 is 0 Å². The predicted octanol–water partition coefficient (Wildman–Crippen LogP) is 3.69. The summed E-state index contributed by atoms with van der Waals surface area (Å²) in [6.07, 6.45) is 0. The number of hydrogen-bond donors (Lipinski definition) is 2. The first-order valence-corrected chi connectivity index (χ1v) is 5.60. The van der Waals surface area contributed by atoms with E-state index in [1.807, 2.05) is 44.2 Å². The van der Waals surface area contributed by atoms with E-state index in [4.69, 9.17) is 0 Å². The number of benzene rings is 2. The number of aromatic hydroxyl groups is 2. The standard InChI is InChI=1S/C15H16O2/c1-9-6-4-5-7-12(9)13-8-10(2)11(3)14(16)15(13)17/h4-8,16-17H,1-3H3. The van der Waals surface area contributed by atoms with Crippen LogP contribution in [0.25, 0.3) is 11.1 Å².